The molecule has 0 unspecified atom stereocenters. The van der Waals surface area contributed by atoms with Gasteiger partial charge >= 0.3 is 0 Å². The Morgan fingerprint density at radius 3 is 2.52 bits per heavy atom. The lowest BCUT2D eigenvalue weighted by Crippen LogP contribution is -2.44. The molecule has 0 aliphatic carbocycles. The predicted octanol–water partition coefficient (Wildman–Crippen LogP) is 3.04. The largest absolute Gasteiger partial charge is 0.493 e. The topological polar surface area (TPSA) is 42.0 Å². The molecular weight excluding hydrogens is 340 g/mol. The van der Waals surface area contributed by atoms with Gasteiger partial charge in [0.05, 0.1) is 20.8 Å². The van der Waals surface area contributed by atoms with E-state index in [2.05, 4.69) is 30.0 Å². The second kappa shape index (κ2) is 7.14. The van der Waals surface area contributed by atoms with E-state index in [9.17, 15) is 4.79 Å². The van der Waals surface area contributed by atoms with Gasteiger partial charge in [-0.05, 0) is 54.7 Å². The summed E-state index contributed by atoms with van der Waals surface area (Å²) in [6, 6.07) is 12.8. The number of anilines is 1. The molecule has 2 heterocycles. The van der Waals surface area contributed by atoms with Crippen LogP contribution in [0, 0.1) is 0 Å². The van der Waals surface area contributed by atoms with Crippen molar-refractivity contribution in [2.75, 3.05) is 32.2 Å². The van der Waals surface area contributed by atoms with E-state index in [0.717, 1.165) is 30.7 Å². The molecular formula is C22H26N2O3. The van der Waals surface area contributed by atoms with Crippen molar-refractivity contribution < 1.29 is 14.3 Å². The molecule has 0 saturated heterocycles. The first-order chi connectivity index (χ1) is 13.1. The van der Waals surface area contributed by atoms with E-state index < -0.39 is 0 Å². The Bertz CT molecular complexity index is 865. The highest BCUT2D eigenvalue weighted by Gasteiger charge is 2.30. The highest BCUT2D eigenvalue weighted by molar-refractivity contribution is 5.83. The van der Waals surface area contributed by atoms with Crippen LogP contribution in [0.5, 0.6) is 11.5 Å². The van der Waals surface area contributed by atoms with Crippen LogP contribution in [-0.4, -0.2) is 44.2 Å². The number of fused-ring (bicyclic) bond motifs is 2. The summed E-state index contributed by atoms with van der Waals surface area (Å²) in [7, 11) is 3.29. The summed E-state index contributed by atoms with van der Waals surface area (Å²) in [6.45, 7) is 3.99. The SMILES string of the molecule is COc1cc2c(cc1OC)CN(C(=O)CN1c3ccccc3C[C@@H]1C)CC2. The van der Waals surface area contributed by atoms with Crippen molar-refractivity contribution in [3.8, 4) is 11.5 Å². The number of para-hydroxylation sites is 1. The molecule has 5 nitrogen and oxygen atoms in total. The third kappa shape index (κ3) is 3.22. The van der Waals surface area contributed by atoms with Crippen molar-refractivity contribution in [3.05, 3.63) is 53.1 Å². The molecule has 0 N–H and O–H groups in total. The van der Waals surface area contributed by atoms with Crippen molar-refractivity contribution in [2.24, 2.45) is 0 Å². The lowest BCUT2D eigenvalue weighted by Gasteiger charge is -2.32. The Labute approximate surface area is 160 Å². The van der Waals surface area contributed by atoms with Gasteiger partial charge in [-0.15, -0.1) is 0 Å². The average molecular weight is 366 g/mol. The Balaban J connectivity index is 1.50. The quantitative estimate of drug-likeness (QED) is 0.834. The summed E-state index contributed by atoms with van der Waals surface area (Å²) in [4.78, 5) is 17.2. The van der Waals surface area contributed by atoms with Gasteiger partial charge in [0.25, 0.3) is 0 Å². The van der Waals surface area contributed by atoms with Gasteiger partial charge in [0.15, 0.2) is 11.5 Å². The fourth-order valence-corrected chi connectivity index (χ4v) is 4.21. The Morgan fingerprint density at radius 1 is 1.07 bits per heavy atom. The number of rotatable bonds is 4. The Morgan fingerprint density at radius 2 is 1.78 bits per heavy atom. The minimum absolute atomic E-state index is 0.180. The molecule has 1 amide bonds. The molecule has 0 radical (unpaired) electrons. The van der Waals surface area contributed by atoms with Crippen molar-refractivity contribution in [1.82, 2.24) is 4.90 Å². The molecule has 5 heteroatoms. The summed E-state index contributed by atoms with van der Waals surface area (Å²) in [6.07, 6.45) is 1.84. The van der Waals surface area contributed by atoms with Crippen LogP contribution in [0.2, 0.25) is 0 Å². The summed E-state index contributed by atoms with van der Waals surface area (Å²) >= 11 is 0. The summed E-state index contributed by atoms with van der Waals surface area (Å²) in [5, 5.41) is 0. The third-order valence-corrected chi connectivity index (χ3v) is 5.72. The summed E-state index contributed by atoms with van der Waals surface area (Å²) in [5.41, 5.74) is 4.90. The number of benzene rings is 2. The number of hydrogen-bond donors (Lipinski definition) is 0. The van der Waals surface area contributed by atoms with E-state index in [1.807, 2.05) is 23.1 Å². The van der Waals surface area contributed by atoms with Gasteiger partial charge in [0.2, 0.25) is 5.91 Å². The molecule has 2 aromatic carbocycles. The van der Waals surface area contributed by atoms with Gasteiger partial charge in [-0.25, -0.2) is 0 Å². The molecule has 0 saturated carbocycles. The van der Waals surface area contributed by atoms with Crippen LogP contribution >= 0.6 is 0 Å². The monoisotopic (exact) mass is 366 g/mol. The molecule has 142 valence electrons. The van der Waals surface area contributed by atoms with E-state index in [0.29, 0.717) is 24.9 Å². The maximum absolute atomic E-state index is 13.0. The van der Waals surface area contributed by atoms with Gasteiger partial charge in [-0.1, -0.05) is 18.2 Å². The fourth-order valence-electron chi connectivity index (χ4n) is 4.21. The normalized spacial score (nSPS) is 18.1. The molecule has 2 aliphatic heterocycles. The van der Waals surface area contributed by atoms with Crippen LogP contribution in [0.3, 0.4) is 0 Å². The van der Waals surface area contributed by atoms with Crippen molar-refractivity contribution in [2.45, 2.75) is 32.4 Å². The first-order valence-electron chi connectivity index (χ1n) is 9.46. The Hall–Kier alpha value is -2.69. The number of carbonyl (C=O) groups excluding carboxylic acids is 1. The van der Waals surface area contributed by atoms with Crippen LogP contribution in [0.25, 0.3) is 0 Å². The van der Waals surface area contributed by atoms with Crippen LogP contribution < -0.4 is 14.4 Å². The van der Waals surface area contributed by atoms with E-state index in [1.165, 1.54) is 16.8 Å². The molecule has 27 heavy (non-hydrogen) atoms. The van der Waals surface area contributed by atoms with Gasteiger partial charge in [0.1, 0.15) is 0 Å². The maximum atomic E-state index is 13.0. The fraction of sp³-hybridized carbons (Fsp3) is 0.409. The summed E-state index contributed by atoms with van der Waals surface area (Å²) in [5.74, 6) is 1.64. The maximum Gasteiger partial charge on any atom is 0.242 e. The van der Waals surface area contributed by atoms with Gasteiger partial charge in [0, 0.05) is 24.8 Å². The molecule has 0 spiro atoms. The first kappa shape index (κ1) is 17.7. The highest BCUT2D eigenvalue weighted by atomic mass is 16.5. The highest BCUT2D eigenvalue weighted by Crippen LogP contribution is 2.34. The third-order valence-electron chi connectivity index (χ3n) is 5.72. The number of methoxy groups -OCH3 is 2. The minimum Gasteiger partial charge on any atom is -0.493 e. The predicted molar refractivity (Wildman–Crippen MR) is 106 cm³/mol. The van der Waals surface area contributed by atoms with Crippen molar-refractivity contribution in [3.63, 3.8) is 0 Å². The van der Waals surface area contributed by atoms with Crippen LogP contribution in [0.15, 0.2) is 36.4 Å². The second-order valence-electron chi connectivity index (χ2n) is 7.35. The number of ether oxygens (including phenoxy) is 2. The number of nitrogens with zero attached hydrogens (tertiary/aromatic N) is 2. The molecule has 1 atom stereocenters. The van der Waals surface area contributed by atoms with Crippen molar-refractivity contribution in [1.29, 1.82) is 0 Å². The smallest absolute Gasteiger partial charge is 0.242 e. The molecule has 4 rings (SSSR count). The van der Waals surface area contributed by atoms with E-state index in [4.69, 9.17) is 9.47 Å². The zero-order valence-electron chi connectivity index (χ0n) is 16.2. The lowest BCUT2D eigenvalue weighted by atomic mass is 9.98. The van der Waals surface area contributed by atoms with E-state index in [-0.39, 0.29) is 5.91 Å². The first-order valence-corrected chi connectivity index (χ1v) is 9.46. The second-order valence-corrected chi connectivity index (χ2v) is 7.35. The van der Waals surface area contributed by atoms with Crippen LogP contribution in [0.1, 0.15) is 23.6 Å². The number of hydrogen-bond acceptors (Lipinski definition) is 4. The summed E-state index contributed by atoms with van der Waals surface area (Å²) < 4.78 is 10.8. The number of carbonyl (C=O) groups is 1. The van der Waals surface area contributed by atoms with E-state index >= 15 is 0 Å². The minimum atomic E-state index is 0.180. The van der Waals surface area contributed by atoms with E-state index in [1.54, 1.807) is 14.2 Å². The van der Waals surface area contributed by atoms with Gasteiger partial charge in [-0.3, -0.25) is 4.79 Å². The van der Waals surface area contributed by atoms with Crippen molar-refractivity contribution >= 4 is 11.6 Å². The molecule has 0 fully saturated rings. The average Bonchev–Trinajstić information content (AvgIpc) is 3.01. The molecule has 0 bridgehead atoms. The number of amides is 1. The molecule has 0 aromatic heterocycles. The molecule has 2 aliphatic rings. The van der Waals surface area contributed by atoms with Crippen LogP contribution in [0.4, 0.5) is 5.69 Å². The van der Waals surface area contributed by atoms with Gasteiger partial charge < -0.3 is 19.3 Å². The molecule has 2 aromatic rings. The zero-order valence-corrected chi connectivity index (χ0v) is 16.2. The van der Waals surface area contributed by atoms with Gasteiger partial charge in [-0.2, -0.15) is 0 Å². The standard InChI is InChI=1S/C22H26N2O3/c1-15-10-17-6-4-5-7-19(17)24(15)14-22(25)23-9-8-16-11-20(26-2)21(27-3)12-18(16)13-23/h4-7,11-12,15H,8-10,13-14H2,1-3H3/t15-/m0/s1. The van der Waals surface area contributed by atoms with Crippen LogP contribution in [-0.2, 0) is 24.2 Å². The lowest BCUT2D eigenvalue weighted by molar-refractivity contribution is -0.130. The Kier molecular flexibility index (Phi) is 4.68. The zero-order chi connectivity index (χ0) is 19.0.